The summed E-state index contributed by atoms with van der Waals surface area (Å²) < 4.78 is 10.5. The van der Waals surface area contributed by atoms with E-state index in [9.17, 15) is 14.4 Å². The summed E-state index contributed by atoms with van der Waals surface area (Å²) in [7, 11) is 3.10. The Labute approximate surface area is 167 Å². The monoisotopic (exact) mass is 392 g/mol. The number of carbonyl (C=O) groups excluding carboxylic acids is 3. The smallest absolute Gasteiger partial charge is 0.339 e. The van der Waals surface area contributed by atoms with Crippen LogP contribution in [-0.2, 0) is 9.53 Å². The molecule has 0 spiro atoms. The number of carbonyl (C=O) groups is 3. The van der Waals surface area contributed by atoms with Gasteiger partial charge in [-0.3, -0.25) is 9.59 Å². The molecule has 0 aliphatic carbocycles. The summed E-state index contributed by atoms with van der Waals surface area (Å²) in [4.78, 5) is 36.1. The molecule has 2 N–H and O–H groups in total. The Morgan fingerprint density at radius 1 is 0.897 bits per heavy atom. The molecule has 29 heavy (non-hydrogen) atoms. The lowest BCUT2D eigenvalue weighted by molar-refractivity contribution is -0.119. The number of ether oxygens (including phenoxy) is 2. The Balaban J connectivity index is 1.64. The molecule has 0 aliphatic rings. The summed E-state index contributed by atoms with van der Waals surface area (Å²) in [5.41, 5.74) is 1.32. The Kier molecular flexibility index (Phi) is 6.09. The van der Waals surface area contributed by atoms with E-state index in [1.165, 1.54) is 0 Å². The van der Waals surface area contributed by atoms with Crippen molar-refractivity contribution in [2.75, 3.05) is 26.1 Å². The molecule has 3 rings (SSSR count). The highest BCUT2D eigenvalue weighted by atomic mass is 16.5. The van der Waals surface area contributed by atoms with Crippen molar-refractivity contribution in [1.82, 2.24) is 5.32 Å². The number of methoxy groups -OCH3 is 1. The molecular formula is C22H20N2O5. The number of nitrogens with one attached hydrogen (secondary N) is 2. The van der Waals surface area contributed by atoms with Crippen LogP contribution >= 0.6 is 0 Å². The Morgan fingerprint density at radius 2 is 1.59 bits per heavy atom. The average molecular weight is 392 g/mol. The largest absolute Gasteiger partial charge is 0.496 e. The van der Waals surface area contributed by atoms with E-state index in [0.29, 0.717) is 28.0 Å². The van der Waals surface area contributed by atoms with Crippen LogP contribution in [0.3, 0.4) is 0 Å². The van der Waals surface area contributed by atoms with Gasteiger partial charge in [0.25, 0.3) is 11.8 Å². The van der Waals surface area contributed by atoms with Gasteiger partial charge >= 0.3 is 5.97 Å². The van der Waals surface area contributed by atoms with E-state index in [2.05, 4.69) is 10.6 Å². The fourth-order valence-electron chi connectivity index (χ4n) is 2.88. The number of hydrogen-bond acceptors (Lipinski definition) is 5. The van der Waals surface area contributed by atoms with Gasteiger partial charge in [0.2, 0.25) is 0 Å². The summed E-state index contributed by atoms with van der Waals surface area (Å²) in [5.74, 6) is -0.656. The van der Waals surface area contributed by atoms with Gasteiger partial charge in [-0.05, 0) is 41.8 Å². The maximum Gasteiger partial charge on any atom is 0.339 e. The van der Waals surface area contributed by atoms with Crippen molar-refractivity contribution in [3.8, 4) is 5.75 Å². The van der Waals surface area contributed by atoms with E-state index in [1.807, 2.05) is 18.2 Å². The van der Waals surface area contributed by atoms with E-state index in [4.69, 9.17) is 9.47 Å². The van der Waals surface area contributed by atoms with Crippen LogP contribution in [0.2, 0.25) is 0 Å². The molecule has 0 saturated heterocycles. The second kappa shape index (κ2) is 8.88. The number of anilines is 1. The molecule has 0 saturated carbocycles. The van der Waals surface area contributed by atoms with Crippen LogP contribution in [0.4, 0.5) is 5.69 Å². The molecular weight excluding hydrogens is 372 g/mol. The first kappa shape index (κ1) is 19.9. The number of benzene rings is 3. The summed E-state index contributed by atoms with van der Waals surface area (Å²) in [6, 6.07) is 17.0. The van der Waals surface area contributed by atoms with Gasteiger partial charge in [0.15, 0.2) is 6.61 Å². The second-order valence-corrected chi connectivity index (χ2v) is 6.14. The van der Waals surface area contributed by atoms with Crippen LogP contribution in [0.5, 0.6) is 5.75 Å². The van der Waals surface area contributed by atoms with Gasteiger partial charge in [-0.25, -0.2) is 4.79 Å². The van der Waals surface area contributed by atoms with Crippen molar-refractivity contribution >= 4 is 34.2 Å². The third kappa shape index (κ3) is 4.52. The van der Waals surface area contributed by atoms with Gasteiger partial charge in [0, 0.05) is 23.7 Å². The number of amides is 2. The third-order valence-corrected chi connectivity index (χ3v) is 4.32. The van der Waals surface area contributed by atoms with Crippen LogP contribution < -0.4 is 15.4 Å². The minimum atomic E-state index is -0.603. The number of esters is 1. The van der Waals surface area contributed by atoms with Crippen molar-refractivity contribution in [3.63, 3.8) is 0 Å². The SMILES string of the molecule is CNC(=O)c1ccc(NC(=O)COC(=O)c2ccc(OC)c3ccccc23)cc1. The van der Waals surface area contributed by atoms with Gasteiger partial charge in [-0.2, -0.15) is 0 Å². The Morgan fingerprint density at radius 3 is 2.24 bits per heavy atom. The van der Waals surface area contributed by atoms with E-state index in [1.54, 1.807) is 56.6 Å². The Bertz CT molecular complexity index is 1060. The van der Waals surface area contributed by atoms with E-state index >= 15 is 0 Å². The predicted octanol–water partition coefficient (Wildman–Crippen LogP) is 3.00. The molecule has 0 aromatic heterocycles. The Hall–Kier alpha value is -3.87. The number of hydrogen-bond donors (Lipinski definition) is 2. The molecule has 0 aliphatic heterocycles. The van der Waals surface area contributed by atoms with Crippen molar-refractivity contribution in [3.05, 3.63) is 71.8 Å². The van der Waals surface area contributed by atoms with Gasteiger partial charge < -0.3 is 20.1 Å². The van der Waals surface area contributed by atoms with Crippen molar-refractivity contribution in [2.24, 2.45) is 0 Å². The highest BCUT2D eigenvalue weighted by molar-refractivity contribution is 6.07. The van der Waals surface area contributed by atoms with E-state index < -0.39 is 18.5 Å². The van der Waals surface area contributed by atoms with Gasteiger partial charge in [-0.1, -0.05) is 24.3 Å². The molecule has 0 atom stereocenters. The number of fused-ring (bicyclic) bond motifs is 1. The molecule has 7 heteroatoms. The maximum absolute atomic E-state index is 12.5. The second-order valence-electron chi connectivity index (χ2n) is 6.14. The molecule has 3 aromatic rings. The first-order valence-corrected chi connectivity index (χ1v) is 8.88. The van der Waals surface area contributed by atoms with Crippen molar-refractivity contribution < 1.29 is 23.9 Å². The van der Waals surface area contributed by atoms with Gasteiger partial charge in [0.05, 0.1) is 12.7 Å². The standard InChI is InChI=1S/C22H20N2O5/c1-23-21(26)14-7-9-15(10-8-14)24-20(25)13-29-22(27)18-11-12-19(28-2)17-6-4-3-5-16(17)18/h3-12H,13H2,1-2H3,(H,23,26)(H,24,25). The first-order valence-electron chi connectivity index (χ1n) is 8.88. The zero-order valence-electron chi connectivity index (χ0n) is 16.0. The summed E-state index contributed by atoms with van der Waals surface area (Å²) >= 11 is 0. The topological polar surface area (TPSA) is 93.7 Å². The lowest BCUT2D eigenvalue weighted by Gasteiger charge is -2.11. The zero-order valence-corrected chi connectivity index (χ0v) is 16.0. The lowest BCUT2D eigenvalue weighted by Crippen LogP contribution is -2.21. The quantitative estimate of drug-likeness (QED) is 0.629. The lowest BCUT2D eigenvalue weighted by atomic mass is 10.0. The van der Waals surface area contributed by atoms with Crippen LogP contribution in [0.15, 0.2) is 60.7 Å². The number of rotatable bonds is 6. The molecule has 0 heterocycles. The average Bonchev–Trinajstić information content (AvgIpc) is 2.76. The highest BCUT2D eigenvalue weighted by Gasteiger charge is 2.15. The van der Waals surface area contributed by atoms with Crippen molar-refractivity contribution in [2.45, 2.75) is 0 Å². The highest BCUT2D eigenvalue weighted by Crippen LogP contribution is 2.28. The zero-order chi connectivity index (χ0) is 20.8. The molecule has 2 amide bonds. The van der Waals surface area contributed by atoms with Gasteiger partial charge in [-0.15, -0.1) is 0 Å². The molecule has 0 radical (unpaired) electrons. The van der Waals surface area contributed by atoms with E-state index in [-0.39, 0.29) is 5.91 Å². The molecule has 148 valence electrons. The van der Waals surface area contributed by atoms with Crippen LogP contribution in [0.25, 0.3) is 10.8 Å². The molecule has 0 bridgehead atoms. The normalized spacial score (nSPS) is 10.3. The van der Waals surface area contributed by atoms with E-state index in [0.717, 1.165) is 5.39 Å². The van der Waals surface area contributed by atoms with Crippen molar-refractivity contribution in [1.29, 1.82) is 0 Å². The maximum atomic E-state index is 12.5. The fraction of sp³-hybridized carbons (Fsp3) is 0.136. The third-order valence-electron chi connectivity index (χ3n) is 4.32. The summed E-state index contributed by atoms with van der Waals surface area (Å²) in [5, 5.41) is 6.60. The summed E-state index contributed by atoms with van der Waals surface area (Å²) in [6.45, 7) is -0.434. The van der Waals surface area contributed by atoms with Gasteiger partial charge in [0.1, 0.15) is 5.75 Å². The first-order chi connectivity index (χ1) is 14.0. The molecule has 0 fully saturated rings. The minimum absolute atomic E-state index is 0.219. The molecule has 0 unspecified atom stereocenters. The minimum Gasteiger partial charge on any atom is -0.496 e. The summed E-state index contributed by atoms with van der Waals surface area (Å²) in [6.07, 6.45) is 0. The van der Waals surface area contributed by atoms with Crippen LogP contribution in [0.1, 0.15) is 20.7 Å². The molecule has 3 aromatic carbocycles. The van der Waals surface area contributed by atoms with Crippen LogP contribution in [-0.4, -0.2) is 38.5 Å². The molecule has 7 nitrogen and oxygen atoms in total. The van der Waals surface area contributed by atoms with Crippen LogP contribution in [0, 0.1) is 0 Å². The fourth-order valence-corrected chi connectivity index (χ4v) is 2.88. The predicted molar refractivity (Wildman–Crippen MR) is 109 cm³/mol.